The summed E-state index contributed by atoms with van der Waals surface area (Å²) in [5.74, 6) is 3.30. The normalized spacial score (nSPS) is 27.2. The fourth-order valence-corrected chi connectivity index (χ4v) is 12.9. The van der Waals surface area contributed by atoms with Crippen LogP contribution in [0.2, 0.25) is 0 Å². The molecule has 0 unspecified atom stereocenters. The summed E-state index contributed by atoms with van der Waals surface area (Å²) in [4.78, 5) is 99.5. The van der Waals surface area contributed by atoms with Crippen LogP contribution in [0.3, 0.4) is 0 Å². The van der Waals surface area contributed by atoms with Crippen molar-refractivity contribution in [2.75, 3.05) is 13.1 Å². The van der Waals surface area contributed by atoms with Gasteiger partial charge in [0.15, 0.2) is 46.8 Å². The van der Waals surface area contributed by atoms with E-state index in [0.29, 0.717) is 61.2 Å². The van der Waals surface area contributed by atoms with Crippen LogP contribution in [0.25, 0.3) is 0 Å². The zero-order chi connectivity index (χ0) is 52.0. The van der Waals surface area contributed by atoms with Crippen molar-refractivity contribution >= 4 is 41.6 Å². The predicted molar refractivity (Wildman–Crippen MR) is 259 cm³/mol. The summed E-state index contributed by atoms with van der Waals surface area (Å²) in [6, 6.07) is -1.20. The molecular formula is C52H80N6O11. The number of hydrogen-bond donors (Lipinski definition) is 4. The number of urea groups is 1. The van der Waals surface area contributed by atoms with Crippen LogP contribution in [-0.4, -0.2) is 133 Å². The third-order valence-corrected chi connectivity index (χ3v) is 13.6. The van der Waals surface area contributed by atoms with Gasteiger partial charge in [0.1, 0.15) is 29.8 Å². The monoisotopic (exact) mass is 965 g/mol. The van der Waals surface area contributed by atoms with Gasteiger partial charge in [-0.15, -0.1) is 0 Å². The lowest BCUT2D eigenvalue weighted by Crippen LogP contribution is -2.66. The number of imide groups is 2. The summed E-state index contributed by atoms with van der Waals surface area (Å²) in [6.45, 7) is 30.3. The maximum atomic E-state index is 15.6. The molecule has 0 aromatic rings. The van der Waals surface area contributed by atoms with Crippen molar-refractivity contribution in [2.45, 2.75) is 244 Å². The van der Waals surface area contributed by atoms with E-state index in [0.717, 1.165) is 0 Å². The number of barbiturate groups is 1. The number of hydrogen-bond acceptors (Lipinski definition) is 15. The number of nitrogens with zero attached hydrogens (tertiary/aromatic N) is 2. The molecule has 5 heterocycles. The molecule has 4 amide bonds. The molecule has 0 spiro atoms. The maximum Gasteiger partial charge on any atom is 0.334 e. The molecule has 17 heteroatoms. The van der Waals surface area contributed by atoms with E-state index in [4.69, 9.17) is 18.9 Å². The van der Waals surface area contributed by atoms with Gasteiger partial charge in [-0.2, -0.15) is 0 Å². The fraction of sp³-hybridized carbons (Fsp3) is 0.788. The van der Waals surface area contributed by atoms with Crippen molar-refractivity contribution in [2.24, 2.45) is 5.41 Å². The Morgan fingerprint density at radius 3 is 0.812 bits per heavy atom. The first kappa shape index (κ1) is 55.4. The smallest absolute Gasteiger partial charge is 0.334 e. The fourth-order valence-electron chi connectivity index (χ4n) is 12.9. The first-order chi connectivity index (χ1) is 31.4. The summed E-state index contributed by atoms with van der Waals surface area (Å²) in [5, 5.41) is 14.2. The molecule has 0 aromatic carbocycles. The molecule has 17 nitrogen and oxygen atoms in total. The second-order valence-corrected chi connectivity index (χ2v) is 25.8. The Morgan fingerprint density at radius 2 is 0.609 bits per heavy atom. The Hall–Kier alpha value is -4.55. The molecule has 5 aliphatic heterocycles. The third-order valence-electron chi connectivity index (χ3n) is 13.6. The minimum absolute atomic E-state index is 0.400. The molecule has 0 atom stereocenters. The van der Waals surface area contributed by atoms with E-state index in [9.17, 15) is 24.0 Å². The molecule has 0 aliphatic carbocycles. The molecule has 4 N–H and O–H groups in total. The number of carbonyl (C=O) groups is 3. The van der Waals surface area contributed by atoms with Crippen LogP contribution in [-0.2, 0) is 47.7 Å². The average Bonchev–Trinajstić information content (AvgIpc) is 3.13. The molecule has 69 heavy (non-hydrogen) atoms. The summed E-state index contributed by atoms with van der Waals surface area (Å²) in [6.07, 6.45) is -0.286. The Labute approximate surface area is 409 Å². The minimum atomic E-state index is -2.54. The van der Waals surface area contributed by atoms with Crippen molar-refractivity contribution < 1.29 is 52.5 Å². The largest absolute Gasteiger partial charge is 0.483 e. The number of rotatable bonds is 16. The van der Waals surface area contributed by atoms with E-state index in [2.05, 4.69) is 21.3 Å². The number of carbonyl (C=O) groups excluding carboxylic acids is 7. The summed E-state index contributed by atoms with van der Waals surface area (Å²) in [5.41, 5.74) is -5.99. The van der Waals surface area contributed by atoms with E-state index < -0.39 is 141 Å². The number of piperidine rings is 4. The molecule has 5 aliphatic rings. The Morgan fingerprint density at radius 1 is 0.406 bits per heavy atom. The topological polar surface area (TPSA) is 211 Å². The van der Waals surface area contributed by atoms with Gasteiger partial charge in [0.05, 0.1) is 13.1 Å². The van der Waals surface area contributed by atoms with Gasteiger partial charge in [0, 0.05) is 109 Å². The van der Waals surface area contributed by atoms with Crippen LogP contribution in [0.1, 0.15) is 175 Å². The van der Waals surface area contributed by atoms with Crippen LogP contribution >= 0.6 is 0 Å². The lowest BCUT2D eigenvalue weighted by Gasteiger charge is -2.48. The van der Waals surface area contributed by atoms with Crippen LogP contribution < -0.4 is 21.3 Å². The van der Waals surface area contributed by atoms with E-state index in [1.54, 1.807) is 11.9 Å². The second-order valence-electron chi connectivity index (χ2n) is 25.8. The molecule has 0 aromatic heterocycles. The van der Waals surface area contributed by atoms with Crippen molar-refractivity contribution in [3.8, 4) is 0 Å². The van der Waals surface area contributed by atoms with E-state index in [-0.39, 0.29) is 0 Å². The van der Waals surface area contributed by atoms with Crippen molar-refractivity contribution in [1.29, 1.82) is 0 Å². The van der Waals surface area contributed by atoms with Crippen LogP contribution in [0, 0.1) is 5.41 Å². The quantitative estimate of drug-likeness (QED) is 0.0830. The summed E-state index contributed by atoms with van der Waals surface area (Å²) < 4.78 is 25.4. The second kappa shape index (κ2) is 19.6. The molecule has 0 radical (unpaired) electrons. The predicted octanol–water partition coefficient (Wildman–Crippen LogP) is 5.71. The average molecular weight is 965 g/mol. The zero-order valence-electron chi connectivity index (χ0n) is 44.2. The maximum absolute atomic E-state index is 15.6. The SMILES string of the molecule is CC1(C)CC(OC(=C=O)CN2C(=O)N(CC(=C=O)OC3CC(C)(C)NC(C)(C)C3)C(=O)C(CC(=C=O)OC3CC(C)(C)NC(C)(C)C3)(CC(=C=O)OC3CC(C)(C)NC(C)(C)C3)C2=O)CC(C)(C)N1. The van der Waals surface area contributed by atoms with Gasteiger partial charge in [0.2, 0.25) is 11.8 Å². The van der Waals surface area contributed by atoms with Crippen LogP contribution in [0.15, 0.2) is 23.0 Å². The number of amides is 4. The molecule has 384 valence electrons. The minimum Gasteiger partial charge on any atom is -0.483 e. The lowest BCUT2D eigenvalue weighted by atomic mass is 9.75. The molecule has 0 saturated carbocycles. The number of allylic oxidation sites excluding steroid dienone is 2. The summed E-state index contributed by atoms with van der Waals surface area (Å²) in [7, 11) is 0. The van der Waals surface area contributed by atoms with Crippen LogP contribution in [0.5, 0.6) is 0 Å². The van der Waals surface area contributed by atoms with Gasteiger partial charge in [-0.1, -0.05) is 0 Å². The zero-order valence-corrected chi connectivity index (χ0v) is 44.2. The van der Waals surface area contributed by atoms with E-state index >= 15 is 9.59 Å². The summed E-state index contributed by atoms with van der Waals surface area (Å²) >= 11 is 0. The van der Waals surface area contributed by atoms with E-state index in [1.807, 2.05) is 123 Å². The van der Waals surface area contributed by atoms with Gasteiger partial charge in [-0.05, 0) is 111 Å². The molecule has 5 rings (SSSR count). The van der Waals surface area contributed by atoms with Gasteiger partial charge < -0.3 is 40.2 Å². The lowest BCUT2D eigenvalue weighted by molar-refractivity contribution is -0.161. The van der Waals surface area contributed by atoms with Crippen molar-refractivity contribution in [1.82, 2.24) is 31.1 Å². The number of nitrogens with one attached hydrogen (secondary N) is 4. The first-order valence-corrected chi connectivity index (χ1v) is 24.4. The number of ether oxygens (including phenoxy) is 4. The van der Waals surface area contributed by atoms with Gasteiger partial charge in [-0.3, -0.25) is 19.4 Å². The molecule has 5 fully saturated rings. The third kappa shape index (κ3) is 14.3. The highest BCUT2D eigenvalue weighted by molar-refractivity contribution is 6.19. The highest BCUT2D eigenvalue weighted by Gasteiger charge is 2.60. The van der Waals surface area contributed by atoms with Gasteiger partial charge >= 0.3 is 6.03 Å². The molecule has 0 bridgehead atoms. The van der Waals surface area contributed by atoms with Crippen molar-refractivity contribution in [3.05, 3.63) is 23.0 Å². The highest BCUT2D eigenvalue weighted by Crippen LogP contribution is 2.44. The molecule has 5 saturated heterocycles. The van der Waals surface area contributed by atoms with Crippen molar-refractivity contribution in [3.63, 3.8) is 0 Å². The Kier molecular flexibility index (Phi) is 15.7. The van der Waals surface area contributed by atoms with Crippen LogP contribution in [0.4, 0.5) is 4.79 Å². The standard InChI is InChI=1S/C52H80N6O11/c1-44(2)17-33(18-45(3,4)53-44)66-37(29-59)25-52(26-38(30-60)67-34-19-46(5,6)54-47(7,8)20-34)41(63)57(27-39(31-61)68-35-21-48(9,10)55-49(11,12)22-35)43(65)58(42(52)64)28-40(32-62)69-36-23-50(13,14)56-51(15,16)24-36/h33-36,53-56H,17-28H2,1-16H3. The molecular weight excluding hydrogens is 885 g/mol. The Bertz CT molecular complexity index is 2000. The van der Waals surface area contributed by atoms with Gasteiger partial charge in [0.25, 0.3) is 0 Å². The Balaban J connectivity index is 1.63. The first-order valence-electron chi connectivity index (χ1n) is 24.4. The van der Waals surface area contributed by atoms with Gasteiger partial charge in [-0.25, -0.2) is 24.0 Å². The highest BCUT2D eigenvalue weighted by atomic mass is 16.5. The van der Waals surface area contributed by atoms with E-state index in [1.165, 1.54) is 0 Å².